The van der Waals surface area contributed by atoms with Crippen LogP contribution in [-0.2, 0) is 28.7 Å². The molecule has 7 nitrogen and oxygen atoms in total. The summed E-state index contributed by atoms with van der Waals surface area (Å²) >= 11 is 0. The number of hydrogen-bond donors (Lipinski definition) is 1. The van der Waals surface area contributed by atoms with E-state index in [1.54, 1.807) is 13.0 Å². The lowest BCUT2D eigenvalue weighted by Crippen LogP contribution is -2.70. The van der Waals surface area contributed by atoms with Crippen LogP contribution in [0, 0.1) is 28.6 Å². The summed E-state index contributed by atoms with van der Waals surface area (Å²) in [6.07, 6.45) is 4.82. The van der Waals surface area contributed by atoms with Gasteiger partial charge in [0.05, 0.1) is 6.10 Å². The molecular weight excluding hydrogens is 467 g/mol. The van der Waals surface area contributed by atoms with Crippen LogP contribution in [0.15, 0.2) is 23.8 Å². The van der Waals surface area contributed by atoms with Crippen molar-refractivity contribution in [3.63, 3.8) is 0 Å². The fourth-order valence-electron chi connectivity index (χ4n) is 8.11. The molecule has 0 radical (unpaired) electrons. The molecule has 1 N–H and O–H groups in total. The van der Waals surface area contributed by atoms with Crippen molar-refractivity contribution in [2.45, 2.75) is 90.5 Å². The van der Waals surface area contributed by atoms with Crippen LogP contribution in [0.4, 0.5) is 4.39 Å². The summed E-state index contributed by atoms with van der Waals surface area (Å²) in [7, 11) is 0. The van der Waals surface area contributed by atoms with Gasteiger partial charge in [0.1, 0.15) is 0 Å². The number of carbonyl (C=O) groups is 4. The minimum absolute atomic E-state index is 0.106. The van der Waals surface area contributed by atoms with Gasteiger partial charge in [0.2, 0.25) is 5.78 Å². The first kappa shape index (κ1) is 26.7. The molecular formula is C28H37FO7. The van der Waals surface area contributed by atoms with Gasteiger partial charge in [0.25, 0.3) is 0 Å². The Bertz CT molecular complexity index is 1050. The molecule has 0 bridgehead atoms. The van der Waals surface area contributed by atoms with Gasteiger partial charge < -0.3 is 14.6 Å². The lowest BCUT2D eigenvalue weighted by Gasteiger charge is -2.62. The van der Waals surface area contributed by atoms with Crippen molar-refractivity contribution >= 4 is 23.5 Å². The number of aliphatic hydroxyl groups is 1. The average molecular weight is 505 g/mol. The Hall–Kier alpha value is -2.35. The molecule has 0 aliphatic heterocycles. The summed E-state index contributed by atoms with van der Waals surface area (Å²) in [4.78, 5) is 50.1. The number of aliphatic hydroxyl groups excluding tert-OH is 1. The van der Waals surface area contributed by atoms with Crippen LogP contribution in [0.2, 0.25) is 0 Å². The van der Waals surface area contributed by atoms with E-state index in [2.05, 4.69) is 0 Å². The Morgan fingerprint density at radius 2 is 1.92 bits per heavy atom. The second-order valence-electron chi connectivity index (χ2n) is 11.6. The molecule has 4 rings (SSSR count). The van der Waals surface area contributed by atoms with E-state index >= 15 is 4.39 Å². The Balaban J connectivity index is 1.81. The van der Waals surface area contributed by atoms with Crippen molar-refractivity contribution < 1.29 is 38.1 Å². The maximum atomic E-state index is 17.4. The lowest BCUT2D eigenvalue weighted by molar-refractivity contribution is -0.228. The van der Waals surface area contributed by atoms with Gasteiger partial charge in [-0.25, -0.2) is 4.39 Å². The van der Waals surface area contributed by atoms with Gasteiger partial charge in [-0.05, 0) is 57.1 Å². The third kappa shape index (κ3) is 3.46. The third-order valence-corrected chi connectivity index (χ3v) is 9.73. The van der Waals surface area contributed by atoms with E-state index in [0.29, 0.717) is 31.3 Å². The molecule has 8 heteroatoms. The zero-order valence-electron chi connectivity index (χ0n) is 21.8. The normalized spacial score (nSPS) is 43.1. The summed E-state index contributed by atoms with van der Waals surface area (Å²) in [5, 5.41) is 11.5. The summed E-state index contributed by atoms with van der Waals surface area (Å²) in [6.45, 7) is 7.83. The SMILES string of the molecule is CCCC(=O)O[C@]1(C(=O)COC(C)=O)C(C)C[C@H]2[C@@H]3CCC4=CC(=O)C=C[C@]4(C)[C@@]3(F)C(O)C[C@@]21C. The van der Waals surface area contributed by atoms with Gasteiger partial charge in [-0.3, -0.25) is 19.2 Å². The maximum Gasteiger partial charge on any atom is 0.306 e. The summed E-state index contributed by atoms with van der Waals surface area (Å²) in [6, 6.07) is 0. The monoisotopic (exact) mass is 504 g/mol. The van der Waals surface area contributed by atoms with E-state index < -0.39 is 64.4 Å². The number of Topliss-reactive ketones (excluding diaryl/α,β-unsaturated/α-hetero) is 1. The lowest BCUT2D eigenvalue weighted by atomic mass is 9.44. The smallest absolute Gasteiger partial charge is 0.306 e. The first-order chi connectivity index (χ1) is 16.8. The molecule has 0 aromatic heterocycles. The van der Waals surface area contributed by atoms with Gasteiger partial charge in [0.15, 0.2) is 23.7 Å². The molecule has 36 heavy (non-hydrogen) atoms. The molecule has 0 amide bonds. The predicted octanol–water partition coefficient (Wildman–Crippen LogP) is 3.82. The van der Waals surface area contributed by atoms with Gasteiger partial charge in [-0.2, -0.15) is 0 Å². The standard InChI is InChI=1S/C28H37FO7/c1-6-7-24(34)36-28(23(33)15-35-17(3)30)16(2)12-21-20-9-8-18-13-19(31)10-11-25(18,4)27(20,29)22(32)14-26(21,28)5/h10-11,13,16,20-22,32H,6-9,12,14-15H2,1-5H3/t16?,20-,21-,22?,25-,26-,27-,28-/m0/s1. The number of halogens is 1. The number of ether oxygens (including phenoxy) is 2. The fraction of sp³-hybridized carbons (Fsp3) is 0.714. The minimum Gasteiger partial charge on any atom is -0.458 e. The van der Waals surface area contributed by atoms with Crippen LogP contribution < -0.4 is 0 Å². The molecule has 198 valence electrons. The molecule has 4 aliphatic rings. The molecule has 0 spiro atoms. The van der Waals surface area contributed by atoms with Crippen molar-refractivity contribution in [1.82, 2.24) is 0 Å². The molecule has 8 atom stereocenters. The first-order valence-corrected chi connectivity index (χ1v) is 13.0. The molecule has 2 unspecified atom stereocenters. The van der Waals surface area contributed by atoms with Crippen molar-refractivity contribution in [3.05, 3.63) is 23.8 Å². The van der Waals surface area contributed by atoms with E-state index in [0.717, 1.165) is 0 Å². The van der Waals surface area contributed by atoms with Crippen molar-refractivity contribution in [1.29, 1.82) is 0 Å². The summed E-state index contributed by atoms with van der Waals surface area (Å²) in [5.74, 6) is -3.36. The van der Waals surface area contributed by atoms with Crippen LogP contribution in [-0.4, -0.2) is 52.6 Å². The molecule has 3 saturated carbocycles. The first-order valence-electron chi connectivity index (χ1n) is 13.0. The molecule has 0 aromatic rings. The average Bonchev–Trinajstić information content (AvgIpc) is 3.01. The Labute approximate surface area is 211 Å². The summed E-state index contributed by atoms with van der Waals surface area (Å²) < 4.78 is 28.5. The molecule has 0 heterocycles. The third-order valence-electron chi connectivity index (χ3n) is 9.73. The quantitative estimate of drug-likeness (QED) is 0.548. The van der Waals surface area contributed by atoms with Gasteiger partial charge >= 0.3 is 11.9 Å². The van der Waals surface area contributed by atoms with Crippen molar-refractivity contribution in [2.24, 2.45) is 28.6 Å². The van der Waals surface area contributed by atoms with Crippen molar-refractivity contribution in [2.75, 3.05) is 6.61 Å². The van der Waals surface area contributed by atoms with Gasteiger partial charge in [-0.1, -0.05) is 32.4 Å². The van der Waals surface area contributed by atoms with Gasteiger partial charge in [-0.15, -0.1) is 0 Å². The Morgan fingerprint density at radius 1 is 1.22 bits per heavy atom. The van der Waals surface area contributed by atoms with E-state index in [9.17, 15) is 24.3 Å². The van der Waals surface area contributed by atoms with Crippen LogP contribution in [0.1, 0.15) is 73.1 Å². The van der Waals surface area contributed by atoms with Crippen LogP contribution in [0.3, 0.4) is 0 Å². The number of rotatable bonds is 6. The minimum atomic E-state index is -2.05. The second kappa shape index (κ2) is 8.89. The molecule has 0 aromatic carbocycles. The Kier molecular flexibility index (Phi) is 6.60. The largest absolute Gasteiger partial charge is 0.458 e. The highest BCUT2D eigenvalue weighted by molar-refractivity contribution is 6.01. The molecule has 0 saturated heterocycles. The van der Waals surface area contributed by atoms with Crippen molar-refractivity contribution in [3.8, 4) is 0 Å². The topological polar surface area (TPSA) is 107 Å². The van der Waals surface area contributed by atoms with Gasteiger partial charge in [0, 0.05) is 36.0 Å². The number of fused-ring (bicyclic) bond motifs is 5. The predicted molar refractivity (Wildman–Crippen MR) is 128 cm³/mol. The molecule has 4 aliphatic carbocycles. The number of ketones is 2. The number of alkyl halides is 1. The highest BCUT2D eigenvalue weighted by Crippen LogP contribution is 2.71. The van der Waals surface area contributed by atoms with Crippen LogP contribution >= 0.6 is 0 Å². The highest BCUT2D eigenvalue weighted by atomic mass is 19.1. The molecule has 3 fully saturated rings. The Morgan fingerprint density at radius 3 is 2.56 bits per heavy atom. The second-order valence-corrected chi connectivity index (χ2v) is 11.6. The number of esters is 2. The van der Waals surface area contributed by atoms with Crippen LogP contribution in [0.25, 0.3) is 0 Å². The van der Waals surface area contributed by atoms with E-state index in [1.807, 2.05) is 20.8 Å². The van der Waals surface area contributed by atoms with E-state index in [-0.39, 0.29) is 24.5 Å². The number of allylic oxidation sites excluding steroid dienone is 4. The number of carbonyl (C=O) groups excluding carboxylic acids is 4. The highest BCUT2D eigenvalue weighted by Gasteiger charge is 2.77. The van der Waals surface area contributed by atoms with E-state index in [1.165, 1.54) is 19.1 Å². The zero-order valence-corrected chi connectivity index (χ0v) is 21.8. The summed E-state index contributed by atoms with van der Waals surface area (Å²) in [5.41, 5.74) is -5.26. The zero-order chi connectivity index (χ0) is 26.7. The van der Waals surface area contributed by atoms with Crippen LogP contribution in [0.5, 0.6) is 0 Å². The van der Waals surface area contributed by atoms with E-state index in [4.69, 9.17) is 9.47 Å². The number of hydrogen-bond acceptors (Lipinski definition) is 7. The fourth-order valence-corrected chi connectivity index (χ4v) is 8.11. The maximum absolute atomic E-state index is 17.4.